The summed E-state index contributed by atoms with van der Waals surface area (Å²) in [5.74, 6) is 0.0558. The highest BCUT2D eigenvalue weighted by molar-refractivity contribution is 5.94. The lowest BCUT2D eigenvalue weighted by molar-refractivity contribution is 0.0951. The van der Waals surface area contributed by atoms with Crippen LogP contribution >= 0.6 is 0 Å². The summed E-state index contributed by atoms with van der Waals surface area (Å²) in [6.45, 7) is 5.72. The maximum atomic E-state index is 11.9. The number of piperidine rings is 1. The molecule has 2 aliphatic rings. The van der Waals surface area contributed by atoms with Gasteiger partial charge in [0, 0.05) is 36.4 Å². The van der Waals surface area contributed by atoms with Gasteiger partial charge in [0.25, 0.3) is 5.91 Å². The second-order valence-electron chi connectivity index (χ2n) is 6.18. The van der Waals surface area contributed by atoms with E-state index in [0.717, 1.165) is 30.6 Å². The lowest BCUT2D eigenvalue weighted by Gasteiger charge is -2.32. The number of carbonyl (C=O) groups is 1. The zero-order chi connectivity index (χ0) is 14.7. The summed E-state index contributed by atoms with van der Waals surface area (Å²) in [5.41, 5.74) is 1.88. The van der Waals surface area contributed by atoms with Gasteiger partial charge in [0.2, 0.25) is 0 Å². The topological polar surface area (TPSA) is 44.4 Å². The fourth-order valence-corrected chi connectivity index (χ4v) is 2.84. The predicted octanol–water partition coefficient (Wildman–Crippen LogP) is 2.48. The molecule has 1 heterocycles. The van der Waals surface area contributed by atoms with Crippen LogP contribution in [0.3, 0.4) is 0 Å². The van der Waals surface area contributed by atoms with Crippen LogP contribution in [0.15, 0.2) is 24.3 Å². The van der Waals surface area contributed by atoms with Crippen LogP contribution in [-0.4, -0.2) is 42.5 Å². The van der Waals surface area contributed by atoms with Crippen molar-refractivity contribution in [1.29, 1.82) is 0 Å². The molecule has 1 aromatic rings. The average Bonchev–Trinajstić information content (AvgIpc) is 3.33. The molecule has 1 amide bonds. The van der Waals surface area contributed by atoms with E-state index in [0.29, 0.717) is 12.1 Å². The van der Waals surface area contributed by atoms with E-state index in [1.807, 2.05) is 24.3 Å². The smallest absolute Gasteiger partial charge is 0.251 e. The Morgan fingerprint density at radius 2 is 1.76 bits per heavy atom. The molecule has 2 N–H and O–H groups in total. The number of amides is 1. The Hall–Kier alpha value is -1.55. The third-order valence-corrected chi connectivity index (χ3v) is 4.47. The van der Waals surface area contributed by atoms with E-state index < -0.39 is 0 Å². The fourth-order valence-electron chi connectivity index (χ4n) is 2.84. The van der Waals surface area contributed by atoms with Gasteiger partial charge in [-0.05, 0) is 56.5 Å². The van der Waals surface area contributed by atoms with Crippen molar-refractivity contribution in [1.82, 2.24) is 10.2 Å². The number of benzene rings is 1. The molecule has 4 heteroatoms. The monoisotopic (exact) mass is 287 g/mol. The van der Waals surface area contributed by atoms with E-state index >= 15 is 0 Å². The van der Waals surface area contributed by atoms with Gasteiger partial charge in [0.15, 0.2) is 0 Å². The Morgan fingerprint density at radius 1 is 1.10 bits per heavy atom. The van der Waals surface area contributed by atoms with Crippen molar-refractivity contribution in [3.8, 4) is 0 Å². The lowest BCUT2D eigenvalue weighted by atomic mass is 10.0. The van der Waals surface area contributed by atoms with Crippen LogP contribution in [0.25, 0.3) is 0 Å². The van der Waals surface area contributed by atoms with Gasteiger partial charge < -0.3 is 15.5 Å². The number of nitrogens with zero attached hydrogens (tertiary/aromatic N) is 1. The van der Waals surface area contributed by atoms with E-state index in [1.165, 1.54) is 25.9 Å². The highest BCUT2D eigenvalue weighted by Crippen LogP contribution is 2.20. The molecule has 0 spiro atoms. The SMILES string of the molecule is CCN1CCC(Nc2ccc(C(=O)NC3CC3)cc2)CC1. The van der Waals surface area contributed by atoms with Gasteiger partial charge in [0.05, 0.1) is 0 Å². The van der Waals surface area contributed by atoms with E-state index in [-0.39, 0.29) is 5.91 Å². The van der Waals surface area contributed by atoms with Crippen molar-refractivity contribution in [2.75, 3.05) is 25.0 Å². The number of anilines is 1. The van der Waals surface area contributed by atoms with Gasteiger partial charge in [-0.15, -0.1) is 0 Å². The quantitative estimate of drug-likeness (QED) is 0.874. The number of nitrogens with one attached hydrogen (secondary N) is 2. The maximum absolute atomic E-state index is 11.9. The minimum Gasteiger partial charge on any atom is -0.382 e. The zero-order valence-corrected chi connectivity index (χ0v) is 12.8. The van der Waals surface area contributed by atoms with Crippen molar-refractivity contribution >= 4 is 11.6 Å². The van der Waals surface area contributed by atoms with E-state index in [4.69, 9.17) is 0 Å². The van der Waals surface area contributed by atoms with Gasteiger partial charge in [-0.1, -0.05) is 6.92 Å². The molecule has 1 saturated carbocycles. The van der Waals surface area contributed by atoms with Gasteiger partial charge in [0.1, 0.15) is 0 Å². The van der Waals surface area contributed by atoms with Crippen LogP contribution in [0.5, 0.6) is 0 Å². The Bertz CT molecular complexity index is 473. The summed E-state index contributed by atoms with van der Waals surface area (Å²) in [6, 6.07) is 8.85. The minimum absolute atomic E-state index is 0.0558. The summed E-state index contributed by atoms with van der Waals surface area (Å²) in [6.07, 6.45) is 4.64. The van der Waals surface area contributed by atoms with E-state index in [2.05, 4.69) is 22.5 Å². The zero-order valence-electron chi connectivity index (χ0n) is 12.8. The number of carbonyl (C=O) groups excluding carboxylic acids is 1. The summed E-state index contributed by atoms with van der Waals surface area (Å²) in [4.78, 5) is 14.4. The van der Waals surface area contributed by atoms with Crippen LogP contribution < -0.4 is 10.6 Å². The van der Waals surface area contributed by atoms with Crippen LogP contribution in [0.4, 0.5) is 5.69 Å². The predicted molar refractivity (Wildman–Crippen MR) is 85.7 cm³/mol. The second kappa shape index (κ2) is 6.48. The van der Waals surface area contributed by atoms with Crippen LogP contribution in [0, 0.1) is 0 Å². The number of rotatable bonds is 5. The molecule has 21 heavy (non-hydrogen) atoms. The summed E-state index contributed by atoms with van der Waals surface area (Å²) in [5, 5.41) is 6.60. The first-order valence-electron chi connectivity index (χ1n) is 8.14. The number of likely N-dealkylation sites (tertiary alicyclic amines) is 1. The van der Waals surface area contributed by atoms with Gasteiger partial charge >= 0.3 is 0 Å². The first kappa shape index (κ1) is 14.4. The Balaban J connectivity index is 1.51. The first-order valence-corrected chi connectivity index (χ1v) is 8.14. The Morgan fingerprint density at radius 3 is 2.33 bits per heavy atom. The Labute approximate surface area is 126 Å². The molecule has 4 nitrogen and oxygen atoms in total. The molecule has 1 aliphatic carbocycles. The molecule has 1 aliphatic heterocycles. The highest BCUT2D eigenvalue weighted by Gasteiger charge is 2.23. The molecule has 0 radical (unpaired) electrons. The fraction of sp³-hybridized carbons (Fsp3) is 0.588. The largest absolute Gasteiger partial charge is 0.382 e. The van der Waals surface area contributed by atoms with Crippen molar-refractivity contribution < 1.29 is 4.79 Å². The Kier molecular flexibility index (Phi) is 4.44. The molecule has 3 rings (SSSR count). The van der Waals surface area contributed by atoms with Crippen LogP contribution in [0.2, 0.25) is 0 Å². The third-order valence-electron chi connectivity index (χ3n) is 4.47. The molecule has 0 aromatic heterocycles. The molecular weight excluding hydrogens is 262 g/mol. The first-order chi connectivity index (χ1) is 10.2. The normalized spacial score (nSPS) is 20.2. The molecule has 1 aromatic carbocycles. The maximum Gasteiger partial charge on any atom is 0.251 e. The van der Waals surface area contributed by atoms with Crippen LogP contribution in [0.1, 0.15) is 43.0 Å². The molecule has 2 fully saturated rings. The van der Waals surface area contributed by atoms with Crippen molar-refractivity contribution in [3.05, 3.63) is 29.8 Å². The lowest BCUT2D eigenvalue weighted by Crippen LogP contribution is -2.38. The van der Waals surface area contributed by atoms with Gasteiger partial charge in [-0.2, -0.15) is 0 Å². The van der Waals surface area contributed by atoms with Crippen molar-refractivity contribution in [3.63, 3.8) is 0 Å². The van der Waals surface area contributed by atoms with E-state index in [1.54, 1.807) is 0 Å². The second-order valence-corrected chi connectivity index (χ2v) is 6.18. The number of hydrogen-bond donors (Lipinski definition) is 2. The molecule has 0 bridgehead atoms. The highest BCUT2D eigenvalue weighted by atomic mass is 16.1. The minimum atomic E-state index is 0.0558. The standard InChI is InChI=1S/C17H25N3O/c1-2-20-11-9-16(10-12-20)18-14-5-3-13(4-6-14)17(21)19-15-7-8-15/h3-6,15-16,18H,2,7-12H2,1H3,(H,19,21). The molecule has 0 atom stereocenters. The number of hydrogen-bond acceptors (Lipinski definition) is 3. The summed E-state index contributed by atoms with van der Waals surface area (Å²) in [7, 11) is 0. The summed E-state index contributed by atoms with van der Waals surface area (Å²) < 4.78 is 0. The van der Waals surface area contributed by atoms with E-state index in [9.17, 15) is 4.79 Å². The molecule has 114 valence electrons. The molecule has 1 saturated heterocycles. The van der Waals surface area contributed by atoms with Crippen LogP contribution in [-0.2, 0) is 0 Å². The van der Waals surface area contributed by atoms with Crippen molar-refractivity contribution in [2.24, 2.45) is 0 Å². The average molecular weight is 287 g/mol. The van der Waals surface area contributed by atoms with Gasteiger partial charge in [-0.25, -0.2) is 0 Å². The molecular formula is C17H25N3O. The third kappa shape index (κ3) is 3.97. The molecule has 0 unspecified atom stereocenters. The van der Waals surface area contributed by atoms with Crippen molar-refractivity contribution in [2.45, 2.75) is 44.7 Å². The van der Waals surface area contributed by atoms with Gasteiger partial charge in [-0.3, -0.25) is 4.79 Å². The summed E-state index contributed by atoms with van der Waals surface area (Å²) >= 11 is 0.